The molecule has 1 aromatic carbocycles. The van der Waals surface area contributed by atoms with Gasteiger partial charge in [0, 0.05) is 25.6 Å². The van der Waals surface area contributed by atoms with Crippen molar-refractivity contribution in [1.29, 1.82) is 0 Å². The van der Waals surface area contributed by atoms with Crippen molar-refractivity contribution in [3.8, 4) is 0 Å². The van der Waals surface area contributed by atoms with E-state index in [9.17, 15) is 19.8 Å². The molecule has 1 fully saturated rings. The van der Waals surface area contributed by atoms with E-state index < -0.39 is 12.0 Å². The van der Waals surface area contributed by atoms with Gasteiger partial charge in [0.1, 0.15) is 18.5 Å². The van der Waals surface area contributed by atoms with Crippen LogP contribution in [-0.4, -0.2) is 74.2 Å². The maximum atomic E-state index is 12.7. The number of aromatic nitrogens is 2. The number of amides is 1. The van der Waals surface area contributed by atoms with Gasteiger partial charge in [0.15, 0.2) is 0 Å². The van der Waals surface area contributed by atoms with E-state index in [1.54, 1.807) is 0 Å². The van der Waals surface area contributed by atoms with Gasteiger partial charge >= 0.3 is 5.97 Å². The number of likely N-dealkylation sites (tertiary alicyclic amines) is 1. The molecular weight excluding hydrogens is 336 g/mol. The lowest BCUT2D eigenvalue weighted by Crippen LogP contribution is -2.41. The third-order valence-corrected chi connectivity index (χ3v) is 5.04. The number of carbonyl (C=O) groups is 2. The fourth-order valence-electron chi connectivity index (χ4n) is 3.54. The second-order valence-corrected chi connectivity index (χ2v) is 6.83. The van der Waals surface area contributed by atoms with Gasteiger partial charge in [0.25, 0.3) is 0 Å². The monoisotopic (exact) mass is 360 g/mol. The highest BCUT2D eigenvalue weighted by molar-refractivity contribution is 5.84. The molecular formula is C18H24N4O4. The van der Waals surface area contributed by atoms with Gasteiger partial charge in [0.2, 0.25) is 5.91 Å². The summed E-state index contributed by atoms with van der Waals surface area (Å²) in [6.07, 6.45) is 0.598. The van der Waals surface area contributed by atoms with Crippen LogP contribution in [0.25, 0.3) is 11.0 Å². The summed E-state index contributed by atoms with van der Waals surface area (Å²) in [5, 5.41) is 19.0. The third kappa shape index (κ3) is 3.42. The lowest BCUT2D eigenvalue weighted by atomic mass is 10.1. The van der Waals surface area contributed by atoms with E-state index >= 15 is 0 Å². The average Bonchev–Trinajstić information content (AvgIpc) is 3.21. The molecule has 0 bridgehead atoms. The summed E-state index contributed by atoms with van der Waals surface area (Å²) in [6.45, 7) is 0.554. The van der Waals surface area contributed by atoms with Crippen LogP contribution in [-0.2, 0) is 22.7 Å². The van der Waals surface area contributed by atoms with Crippen LogP contribution >= 0.6 is 0 Å². The summed E-state index contributed by atoms with van der Waals surface area (Å²) in [4.78, 5) is 32.0. The Morgan fingerprint density at radius 2 is 2.04 bits per heavy atom. The first kappa shape index (κ1) is 18.3. The first-order valence-corrected chi connectivity index (χ1v) is 8.66. The minimum absolute atomic E-state index is 0.0436. The molecule has 1 aliphatic rings. The number of aliphatic hydroxyl groups is 1. The number of likely N-dealkylation sites (N-methyl/N-ethyl adjacent to an activating group) is 1. The molecule has 0 spiro atoms. The Labute approximate surface area is 151 Å². The first-order valence-electron chi connectivity index (χ1n) is 8.66. The van der Waals surface area contributed by atoms with Crippen molar-refractivity contribution < 1.29 is 19.8 Å². The number of nitrogens with zero attached hydrogens (tertiary/aromatic N) is 4. The van der Waals surface area contributed by atoms with Crippen molar-refractivity contribution in [2.45, 2.75) is 38.1 Å². The van der Waals surface area contributed by atoms with Crippen LogP contribution in [0.3, 0.4) is 0 Å². The standard InChI is InChI=1S/C18H24N4O4/c1-20(2)12-9-15(18(25)26)22(10-12)17(24)7-8-21-14-6-4-3-5-13(14)19-16(21)11-23/h3-6,12,15,23H,7-11H2,1-2H3,(H,25,26)/t12-,15+/m1/s1. The predicted molar refractivity (Wildman–Crippen MR) is 95.5 cm³/mol. The summed E-state index contributed by atoms with van der Waals surface area (Å²) >= 11 is 0. The van der Waals surface area contributed by atoms with Crippen molar-refractivity contribution in [3.05, 3.63) is 30.1 Å². The molecule has 1 amide bonds. The molecule has 1 saturated heterocycles. The van der Waals surface area contributed by atoms with Crippen LogP contribution in [0, 0.1) is 0 Å². The van der Waals surface area contributed by atoms with Gasteiger partial charge in [-0.3, -0.25) is 4.79 Å². The molecule has 0 saturated carbocycles. The Kier molecular flexibility index (Phi) is 5.24. The molecule has 26 heavy (non-hydrogen) atoms. The minimum Gasteiger partial charge on any atom is -0.480 e. The number of aliphatic carboxylic acids is 1. The minimum atomic E-state index is -0.966. The molecule has 3 rings (SSSR count). The largest absolute Gasteiger partial charge is 0.480 e. The molecule has 1 aliphatic heterocycles. The SMILES string of the molecule is CN(C)[C@@H]1C[C@@H](C(=O)O)N(C(=O)CCn2c(CO)nc3ccccc32)C1. The molecule has 8 heteroatoms. The summed E-state index contributed by atoms with van der Waals surface area (Å²) in [5.41, 5.74) is 1.62. The van der Waals surface area contributed by atoms with E-state index in [-0.39, 0.29) is 25.0 Å². The highest BCUT2D eigenvalue weighted by atomic mass is 16.4. The van der Waals surface area contributed by atoms with Gasteiger partial charge in [-0.2, -0.15) is 0 Å². The van der Waals surface area contributed by atoms with Crippen molar-refractivity contribution in [2.75, 3.05) is 20.6 Å². The maximum Gasteiger partial charge on any atom is 0.326 e. The summed E-state index contributed by atoms with van der Waals surface area (Å²) in [5.74, 6) is -0.656. The van der Waals surface area contributed by atoms with Crippen LogP contribution in [0.2, 0.25) is 0 Å². The Morgan fingerprint density at radius 3 is 2.69 bits per heavy atom. The molecule has 0 radical (unpaired) electrons. The number of hydrogen-bond acceptors (Lipinski definition) is 5. The number of hydrogen-bond donors (Lipinski definition) is 2. The van der Waals surface area contributed by atoms with Gasteiger partial charge in [0.05, 0.1) is 11.0 Å². The highest BCUT2D eigenvalue weighted by Crippen LogP contribution is 2.23. The smallest absolute Gasteiger partial charge is 0.326 e. The number of para-hydroxylation sites is 2. The molecule has 2 aromatic rings. The molecule has 0 aliphatic carbocycles. The molecule has 0 unspecified atom stereocenters. The molecule has 1 aromatic heterocycles. The quantitative estimate of drug-likeness (QED) is 0.780. The number of imidazole rings is 1. The lowest BCUT2D eigenvalue weighted by molar-refractivity contribution is -0.148. The lowest BCUT2D eigenvalue weighted by Gasteiger charge is -2.22. The molecule has 2 N–H and O–H groups in total. The zero-order valence-corrected chi connectivity index (χ0v) is 15.0. The normalized spacial score (nSPS) is 20.2. The molecule has 140 valence electrons. The number of carbonyl (C=O) groups excluding carboxylic acids is 1. The third-order valence-electron chi connectivity index (χ3n) is 5.04. The van der Waals surface area contributed by atoms with E-state index in [4.69, 9.17) is 0 Å². The number of fused-ring (bicyclic) bond motifs is 1. The molecule has 8 nitrogen and oxygen atoms in total. The second kappa shape index (κ2) is 7.43. The summed E-state index contributed by atoms with van der Waals surface area (Å²) in [6, 6.07) is 6.76. The number of aryl methyl sites for hydroxylation is 1. The molecule has 2 heterocycles. The van der Waals surface area contributed by atoms with Crippen molar-refractivity contribution in [2.24, 2.45) is 0 Å². The van der Waals surface area contributed by atoms with E-state index in [2.05, 4.69) is 4.98 Å². The van der Waals surface area contributed by atoms with E-state index in [1.165, 1.54) is 4.90 Å². The zero-order chi connectivity index (χ0) is 18.8. The summed E-state index contributed by atoms with van der Waals surface area (Å²) < 4.78 is 1.82. The second-order valence-electron chi connectivity index (χ2n) is 6.83. The zero-order valence-electron chi connectivity index (χ0n) is 15.0. The number of rotatable bonds is 6. The number of aliphatic hydroxyl groups excluding tert-OH is 1. The number of carboxylic acids is 1. The summed E-state index contributed by atoms with van der Waals surface area (Å²) in [7, 11) is 3.78. The van der Waals surface area contributed by atoms with E-state index in [1.807, 2.05) is 47.8 Å². The van der Waals surface area contributed by atoms with Crippen molar-refractivity contribution in [1.82, 2.24) is 19.4 Å². The van der Waals surface area contributed by atoms with Crippen molar-refractivity contribution in [3.63, 3.8) is 0 Å². The van der Waals surface area contributed by atoms with Gasteiger partial charge in [-0.25, -0.2) is 9.78 Å². The topological polar surface area (TPSA) is 98.9 Å². The van der Waals surface area contributed by atoms with Crippen LogP contribution in [0.1, 0.15) is 18.7 Å². The fraction of sp³-hybridized carbons (Fsp3) is 0.500. The Balaban J connectivity index is 1.75. The van der Waals surface area contributed by atoms with Gasteiger partial charge < -0.3 is 24.6 Å². The van der Waals surface area contributed by atoms with E-state index in [0.717, 1.165) is 11.0 Å². The van der Waals surface area contributed by atoms with E-state index in [0.29, 0.717) is 25.3 Å². The highest BCUT2D eigenvalue weighted by Gasteiger charge is 2.40. The van der Waals surface area contributed by atoms with Crippen LogP contribution in [0.5, 0.6) is 0 Å². The number of benzene rings is 1. The van der Waals surface area contributed by atoms with Gasteiger partial charge in [-0.15, -0.1) is 0 Å². The maximum absolute atomic E-state index is 12.7. The average molecular weight is 360 g/mol. The van der Waals surface area contributed by atoms with Crippen molar-refractivity contribution >= 4 is 22.9 Å². The van der Waals surface area contributed by atoms with Gasteiger partial charge in [-0.05, 0) is 32.6 Å². The van der Waals surface area contributed by atoms with Gasteiger partial charge in [-0.1, -0.05) is 12.1 Å². The Hall–Kier alpha value is -2.45. The Bertz CT molecular complexity index is 817. The fourth-order valence-corrected chi connectivity index (χ4v) is 3.54. The van der Waals surface area contributed by atoms with Crippen LogP contribution in [0.15, 0.2) is 24.3 Å². The van der Waals surface area contributed by atoms with Crippen LogP contribution < -0.4 is 0 Å². The van der Waals surface area contributed by atoms with Crippen LogP contribution in [0.4, 0.5) is 0 Å². The predicted octanol–water partition coefficient (Wildman–Crippen LogP) is 0.534. The molecule has 2 atom stereocenters. The number of carboxylic acid groups (broad SMARTS) is 1. The Morgan fingerprint density at radius 1 is 1.31 bits per heavy atom. The first-order chi connectivity index (χ1) is 12.4.